The zero-order valence-electron chi connectivity index (χ0n) is 11.9. The molecule has 1 heterocycles. The molecule has 0 radical (unpaired) electrons. The number of carbonyl (C=O) groups is 1. The minimum Gasteiger partial charge on any atom is -0.376 e. The molecule has 2 rings (SSSR count). The summed E-state index contributed by atoms with van der Waals surface area (Å²) in [5.41, 5.74) is 0. The van der Waals surface area contributed by atoms with E-state index in [2.05, 4.69) is 10.0 Å². The van der Waals surface area contributed by atoms with Gasteiger partial charge in [0.25, 0.3) is 0 Å². The maximum absolute atomic E-state index is 12.1. The SMILES string of the molecule is C[C@@H](NS(=O)(=O)c1ccccc1)C(=O)NC[C@H]1CCCO1. The van der Waals surface area contributed by atoms with Crippen molar-refractivity contribution in [1.29, 1.82) is 0 Å². The van der Waals surface area contributed by atoms with Crippen molar-refractivity contribution in [3.8, 4) is 0 Å². The van der Waals surface area contributed by atoms with Crippen molar-refractivity contribution >= 4 is 15.9 Å². The molecule has 0 aliphatic carbocycles. The van der Waals surface area contributed by atoms with Gasteiger partial charge in [0.1, 0.15) is 0 Å². The predicted octanol–water partition coefficient (Wildman–Crippen LogP) is 0.649. The first-order chi connectivity index (χ1) is 9.99. The van der Waals surface area contributed by atoms with Gasteiger partial charge in [-0.25, -0.2) is 8.42 Å². The van der Waals surface area contributed by atoms with Gasteiger partial charge in [-0.2, -0.15) is 4.72 Å². The third-order valence-electron chi connectivity index (χ3n) is 3.31. The molecule has 0 aromatic heterocycles. The van der Waals surface area contributed by atoms with Gasteiger partial charge >= 0.3 is 0 Å². The van der Waals surface area contributed by atoms with Gasteiger partial charge < -0.3 is 10.1 Å². The van der Waals surface area contributed by atoms with Gasteiger partial charge in [-0.1, -0.05) is 18.2 Å². The second-order valence-corrected chi connectivity index (χ2v) is 6.75. The number of hydrogen-bond donors (Lipinski definition) is 2. The van der Waals surface area contributed by atoms with Crippen molar-refractivity contribution in [1.82, 2.24) is 10.0 Å². The first-order valence-electron chi connectivity index (χ1n) is 6.96. The highest BCUT2D eigenvalue weighted by atomic mass is 32.2. The van der Waals surface area contributed by atoms with Crippen LogP contribution < -0.4 is 10.0 Å². The lowest BCUT2D eigenvalue weighted by molar-refractivity contribution is -0.122. The lowest BCUT2D eigenvalue weighted by atomic mass is 10.2. The van der Waals surface area contributed by atoms with Crippen molar-refractivity contribution in [3.05, 3.63) is 30.3 Å². The molecule has 116 valence electrons. The van der Waals surface area contributed by atoms with Crippen molar-refractivity contribution in [3.63, 3.8) is 0 Å². The van der Waals surface area contributed by atoms with Crippen LogP contribution in [0.2, 0.25) is 0 Å². The van der Waals surface area contributed by atoms with Gasteiger partial charge in [0.2, 0.25) is 15.9 Å². The fourth-order valence-corrected chi connectivity index (χ4v) is 3.35. The third kappa shape index (κ3) is 4.52. The number of sulfonamides is 1. The van der Waals surface area contributed by atoms with E-state index in [-0.39, 0.29) is 16.9 Å². The van der Waals surface area contributed by atoms with E-state index >= 15 is 0 Å². The van der Waals surface area contributed by atoms with Gasteiger partial charge in [0.05, 0.1) is 17.0 Å². The molecule has 1 fully saturated rings. The molecule has 0 unspecified atom stereocenters. The standard InChI is InChI=1S/C14H20N2O4S/c1-11(14(17)15-10-12-6-5-9-20-12)16-21(18,19)13-7-3-2-4-8-13/h2-4,7-8,11-12,16H,5-6,9-10H2,1H3,(H,15,17)/t11-,12-/m1/s1. The van der Waals surface area contributed by atoms with Crippen LogP contribution in [0.1, 0.15) is 19.8 Å². The maximum atomic E-state index is 12.1. The Morgan fingerprint density at radius 1 is 1.38 bits per heavy atom. The van der Waals surface area contributed by atoms with Gasteiger partial charge in [0.15, 0.2) is 0 Å². The summed E-state index contributed by atoms with van der Waals surface area (Å²) < 4.78 is 32.0. The van der Waals surface area contributed by atoms with Crippen LogP contribution in [0, 0.1) is 0 Å². The highest BCUT2D eigenvalue weighted by Crippen LogP contribution is 2.11. The first-order valence-corrected chi connectivity index (χ1v) is 8.44. The highest BCUT2D eigenvalue weighted by molar-refractivity contribution is 7.89. The minimum absolute atomic E-state index is 0.0341. The summed E-state index contributed by atoms with van der Waals surface area (Å²) in [7, 11) is -3.68. The average molecular weight is 312 g/mol. The topological polar surface area (TPSA) is 84.5 Å². The molecule has 1 aromatic rings. The van der Waals surface area contributed by atoms with E-state index in [1.165, 1.54) is 19.1 Å². The monoisotopic (exact) mass is 312 g/mol. The molecule has 0 saturated carbocycles. The van der Waals surface area contributed by atoms with Crippen molar-refractivity contribution in [2.75, 3.05) is 13.2 Å². The zero-order chi connectivity index (χ0) is 15.3. The van der Waals surface area contributed by atoms with Crippen LogP contribution in [-0.4, -0.2) is 39.6 Å². The number of benzene rings is 1. The van der Waals surface area contributed by atoms with E-state index in [0.29, 0.717) is 6.54 Å². The Kier molecular flexibility index (Phi) is 5.33. The summed E-state index contributed by atoms with van der Waals surface area (Å²) in [6, 6.07) is 7.14. The molecule has 1 aromatic carbocycles. The van der Waals surface area contributed by atoms with Crippen LogP contribution >= 0.6 is 0 Å². The molecule has 1 aliphatic heterocycles. The van der Waals surface area contributed by atoms with Gasteiger partial charge in [-0.15, -0.1) is 0 Å². The summed E-state index contributed by atoms with van der Waals surface area (Å²) in [6.07, 6.45) is 1.95. The molecular weight excluding hydrogens is 292 g/mol. The molecule has 1 aliphatic rings. The summed E-state index contributed by atoms with van der Waals surface area (Å²) in [4.78, 5) is 12.1. The number of amides is 1. The third-order valence-corrected chi connectivity index (χ3v) is 4.86. The van der Waals surface area contributed by atoms with Crippen molar-refractivity contribution < 1.29 is 17.9 Å². The molecule has 2 atom stereocenters. The van der Waals surface area contributed by atoms with Crippen LogP contribution in [-0.2, 0) is 19.6 Å². The van der Waals surface area contributed by atoms with E-state index in [4.69, 9.17) is 4.74 Å². The number of carbonyl (C=O) groups excluding carboxylic acids is 1. The molecule has 2 N–H and O–H groups in total. The second-order valence-electron chi connectivity index (χ2n) is 5.04. The Bertz CT molecular complexity index is 568. The fraction of sp³-hybridized carbons (Fsp3) is 0.500. The minimum atomic E-state index is -3.68. The molecule has 0 bridgehead atoms. The zero-order valence-corrected chi connectivity index (χ0v) is 12.7. The summed E-state index contributed by atoms with van der Waals surface area (Å²) in [6.45, 7) is 2.65. The van der Waals surface area contributed by atoms with Crippen LogP contribution in [0.4, 0.5) is 0 Å². The maximum Gasteiger partial charge on any atom is 0.241 e. The fourth-order valence-electron chi connectivity index (χ4n) is 2.13. The van der Waals surface area contributed by atoms with E-state index in [1.54, 1.807) is 18.2 Å². The Morgan fingerprint density at radius 2 is 2.10 bits per heavy atom. The molecule has 1 saturated heterocycles. The Labute approximate surface area is 124 Å². The Hall–Kier alpha value is -1.44. The first kappa shape index (κ1) is 15.9. The average Bonchev–Trinajstić information content (AvgIpc) is 2.98. The molecule has 1 amide bonds. The molecule has 21 heavy (non-hydrogen) atoms. The number of rotatable bonds is 6. The summed E-state index contributed by atoms with van der Waals surface area (Å²) in [5, 5.41) is 2.71. The number of nitrogens with one attached hydrogen (secondary N) is 2. The molecular formula is C14H20N2O4S. The summed E-state index contributed by atoms with van der Waals surface area (Å²) >= 11 is 0. The van der Waals surface area contributed by atoms with Crippen LogP contribution in [0.15, 0.2) is 35.2 Å². The van der Waals surface area contributed by atoms with Gasteiger partial charge in [-0.05, 0) is 31.9 Å². The Morgan fingerprint density at radius 3 is 2.71 bits per heavy atom. The second kappa shape index (κ2) is 7.02. The number of ether oxygens (including phenoxy) is 1. The number of hydrogen-bond acceptors (Lipinski definition) is 4. The van der Waals surface area contributed by atoms with Gasteiger partial charge in [-0.3, -0.25) is 4.79 Å². The normalized spacial score (nSPS) is 20.1. The molecule has 7 heteroatoms. The summed E-state index contributed by atoms with van der Waals surface area (Å²) in [5.74, 6) is -0.356. The lowest BCUT2D eigenvalue weighted by Gasteiger charge is -2.16. The smallest absolute Gasteiger partial charge is 0.241 e. The predicted molar refractivity (Wildman–Crippen MR) is 78.2 cm³/mol. The van der Waals surface area contributed by atoms with Gasteiger partial charge in [0, 0.05) is 13.2 Å². The van der Waals surface area contributed by atoms with E-state index in [9.17, 15) is 13.2 Å². The van der Waals surface area contributed by atoms with E-state index in [0.717, 1.165) is 19.4 Å². The van der Waals surface area contributed by atoms with Crippen LogP contribution in [0.3, 0.4) is 0 Å². The Balaban J connectivity index is 1.87. The van der Waals surface area contributed by atoms with Crippen molar-refractivity contribution in [2.24, 2.45) is 0 Å². The molecule has 0 spiro atoms. The van der Waals surface area contributed by atoms with E-state index < -0.39 is 16.1 Å². The van der Waals surface area contributed by atoms with Crippen molar-refractivity contribution in [2.45, 2.75) is 36.8 Å². The quantitative estimate of drug-likeness (QED) is 0.808. The van der Waals surface area contributed by atoms with E-state index in [1.807, 2.05) is 0 Å². The molecule has 6 nitrogen and oxygen atoms in total. The van der Waals surface area contributed by atoms with Crippen LogP contribution in [0.5, 0.6) is 0 Å². The largest absolute Gasteiger partial charge is 0.376 e. The lowest BCUT2D eigenvalue weighted by Crippen LogP contribution is -2.46. The van der Waals surface area contributed by atoms with Crippen LogP contribution in [0.25, 0.3) is 0 Å². The highest BCUT2D eigenvalue weighted by Gasteiger charge is 2.23.